The largest absolute Gasteiger partial charge is 0.417 e. The summed E-state index contributed by atoms with van der Waals surface area (Å²) in [5.41, 5.74) is 0.0908. The molecule has 3 saturated heterocycles. The molecule has 78 heavy (non-hydrogen) atoms. The highest BCUT2D eigenvalue weighted by Crippen LogP contribution is 2.38. The molecule has 3 atom stereocenters. The second-order valence-electron chi connectivity index (χ2n) is 20.8. The van der Waals surface area contributed by atoms with Crippen LogP contribution in [0.5, 0.6) is 0 Å². The maximum absolute atomic E-state index is 16.3. The van der Waals surface area contributed by atoms with E-state index < -0.39 is 64.3 Å². The molecule has 2 aromatic carbocycles. The number of piperazine rings is 2. The fourth-order valence-electron chi connectivity index (χ4n) is 10.9. The van der Waals surface area contributed by atoms with Gasteiger partial charge in [0, 0.05) is 132 Å². The van der Waals surface area contributed by atoms with Crippen LogP contribution >= 0.6 is 0 Å². The minimum atomic E-state index is -4.98. The van der Waals surface area contributed by atoms with Crippen molar-refractivity contribution in [2.24, 2.45) is 0 Å². The minimum absolute atomic E-state index is 0.0540. The molecule has 414 valence electrons. The van der Waals surface area contributed by atoms with E-state index in [9.17, 15) is 46.7 Å². The van der Waals surface area contributed by atoms with Crippen molar-refractivity contribution in [2.45, 2.75) is 102 Å². The first-order valence-electron chi connectivity index (χ1n) is 26.6. The summed E-state index contributed by atoms with van der Waals surface area (Å²) >= 11 is 0. The number of alkyl halides is 3. The van der Waals surface area contributed by atoms with Gasteiger partial charge in [0.15, 0.2) is 0 Å². The lowest BCUT2D eigenvalue weighted by Crippen LogP contribution is -2.55. The van der Waals surface area contributed by atoms with Crippen molar-refractivity contribution in [3.63, 3.8) is 0 Å². The van der Waals surface area contributed by atoms with Gasteiger partial charge >= 0.3 is 6.18 Å². The third kappa shape index (κ3) is 12.3. The van der Waals surface area contributed by atoms with Crippen molar-refractivity contribution in [3.05, 3.63) is 111 Å². The van der Waals surface area contributed by atoms with Crippen LogP contribution in [-0.2, 0) is 27.1 Å². The molecule has 7 heterocycles. The van der Waals surface area contributed by atoms with Gasteiger partial charge in [-0.3, -0.25) is 53.6 Å². The van der Waals surface area contributed by atoms with Crippen LogP contribution in [0.2, 0.25) is 0 Å². The Morgan fingerprint density at radius 2 is 1.54 bits per heavy atom. The number of fused-ring (bicyclic) bond motifs is 1. The van der Waals surface area contributed by atoms with Gasteiger partial charge in [-0.25, -0.2) is 14.4 Å². The van der Waals surface area contributed by atoms with Crippen LogP contribution in [-0.4, -0.2) is 154 Å². The number of amides is 6. The monoisotopic (exact) mass is 1080 g/mol. The number of aromatic nitrogens is 3. The van der Waals surface area contributed by atoms with Gasteiger partial charge in [-0.2, -0.15) is 13.2 Å². The highest BCUT2D eigenvalue weighted by Gasteiger charge is 2.46. The van der Waals surface area contributed by atoms with Crippen LogP contribution in [0, 0.1) is 5.82 Å². The molecule has 5 aliphatic rings. The number of carbonyl (C=O) groups excluding carboxylic acids is 6. The van der Waals surface area contributed by atoms with E-state index >= 15 is 4.39 Å². The third-order valence-corrected chi connectivity index (χ3v) is 15.5. The first-order valence-corrected chi connectivity index (χ1v) is 26.6. The van der Waals surface area contributed by atoms with E-state index in [0.717, 1.165) is 48.8 Å². The Morgan fingerprint density at radius 1 is 0.821 bits per heavy atom. The number of unbranched alkanes of at least 4 members (excludes halogenated alkanes) is 4. The molecule has 9 rings (SSSR count). The van der Waals surface area contributed by atoms with E-state index in [1.807, 2.05) is 41.7 Å². The summed E-state index contributed by atoms with van der Waals surface area (Å²) in [5, 5.41) is 8.12. The Bertz CT molecular complexity index is 3040. The maximum Gasteiger partial charge on any atom is 0.417 e. The zero-order valence-electron chi connectivity index (χ0n) is 43.9. The average molecular weight is 1080 g/mol. The number of rotatable bonds is 17. The number of hydrogen-bond donors (Lipinski definition) is 4. The zero-order chi connectivity index (χ0) is 55.4. The van der Waals surface area contributed by atoms with Gasteiger partial charge in [0.05, 0.1) is 33.6 Å². The van der Waals surface area contributed by atoms with Crippen LogP contribution in [0.1, 0.15) is 119 Å². The number of hydrogen-bond acceptors (Lipinski definition) is 14. The smallest absolute Gasteiger partial charge is 0.384 e. The summed E-state index contributed by atoms with van der Waals surface area (Å²) < 4.78 is 58.2. The molecular formula is C55H64F4N12O7. The number of imide groups is 2. The van der Waals surface area contributed by atoms with E-state index in [2.05, 4.69) is 40.7 Å². The molecule has 19 nitrogen and oxygen atoms in total. The Labute approximate surface area is 448 Å². The second-order valence-corrected chi connectivity index (χ2v) is 20.8. The number of nitrogens with one attached hydrogen (secondary N) is 4. The number of likely N-dealkylation sites (N-methyl/N-ethyl adjacent to an activating group) is 1. The molecule has 0 aliphatic carbocycles. The van der Waals surface area contributed by atoms with Gasteiger partial charge in [-0.05, 0) is 76.4 Å². The van der Waals surface area contributed by atoms with E-state index in [1.54, 1.807) is 30.6 Å². The molecule has 1 unspecified atom stereocenters. The van der Waals surface area contributed by atoms with Crippen molar-refractivity contribution >= 4 is 64.0 Å². The van der Waals surface area contributed by atoms with Crippen LogP contribution in [0.25, 0.3) is 5.57 Å². The second kappa shape index (κ2) is 23.6. The number of piperidine rings is 1. The summed E-state index contributed by atoms with van der Waals surface area (Å²) in [6, 6.07) is 7.23. The van der Waals surface area contributed by atoms with Crippen molar-refractivity contribution < 1.29 is 46.3 Å². The number of H-pyrrole nitrogens is 1. The number of nitrogens with zero attached hydrogens (tertiary/aromatic N) is 8. The van der Waals surface area contributed by atoms with E-state index in [1.165, 1.54) is 12.1 Å². The van der Waals surface area contributed by atoms with Crippen LogP contribution in [0.4, 0.5) is 40.6 Å². The molecule has 5 aliphatic heterocycles. The normalized spacial score (nSPS) is 20.4. The molecule has 0 spiro atoms. The summed E-state index contributed by atoms with van der Waals surface area (Å²) in [7, 11) is 1.99. The number of benzene rings is 2. The SMILES string of the molecule is C[C@@H]1CN(c2cc(F)c(C3=CCN(c4ncc(CN5CCN(C(=O)CCCCCCCNc6cccc7c6C(=O)N(C6CCC(=O)NC6=O)C7=O)CC5)cn4)CC3)cc2NC(=O)c2c[nH]c(=O)cc2C(F)(F)F)C[C@H](C)N1C. The average Bonchev–Trinajstić information content (AvgIpc) is 3.69. The van der Waals surface area contributed by atoms with Crippen molar-refractivity contribution in [3.8, 4) is 0 Å². The number of aromatic amines is 1. The lowest BCUT2D eigenvalue weighted by Gasteiger charge is -2.44. The number of carbonyl (C=O) groups is 6. The predicted molar refractivity (Wildman–Crippen MR) is 283 cm³/mol. The third-order valence-electron chi connectivity index (χ3n) is 15.5. The quantitative estimate of drug-likeness (QED) is 0.0551. The standard InChI is InChI=1S/C55H64F4N12O7/c1-33-30-70(31-34(2)66(33)3)45-26-41(56)38(24-43(45)64-50(75)39-29-61-47(73)25-40(39)55(57,58)59)36-15-18-69(19-16-36)54-62-27-35(28-63-54)32-67-20-22-68(23-21-67)48(74)12-7-5-4-6-8-17-60-42-11-9-10-37-49(42)53(78)71(52(37)77)44-13-14-46(72)65-51(44)76/h9-11,15,24-29,33-34,44,60H,4-8,12-14,16-23,30-32H2,1-3H3,(H,61,73)(H,64,75)(H,65,72,76)/t33-,34+,44?. The van der Waals surface area contributed by atoms with Crippen LogP contribution in [0.15, 0.2) is 65.9 Å². The van der Waals surface area contributed by atoms with Gasteiger partial charge in [0.25, 0.3) is 17.7 Å². The molecule has 4 N–H and O–H groups in total. The van der Waals surface area contributed by atoms with Crippen molar-refractivity contribution in [2.75, 3.05) is 86.4 Å². The molecule has 0 bridgehead atoms. The highest BCUT2D eigenvalue weighted by atomic mass is 19.4. The molecular weight excluding hydrogens is 1020 g/mol. The van der Waals surface area contributed by atoms with Gasteiger partial charge in [0.2, 0.25) is 29.2 Å². The van der Waals surface area contributed by atoms with Gasteiger partial charge in [-0.15, -0.1) is 0 Å². The predicted octanol–water partition coefficient (Wildman–Crippen LogP) is 5.90. The fraction of sp³-hybridized carbons (Fsp3) is 0.473. The van der Waals surface area contributed by atoms with Gasteiger partial charge in [0.1, 0.15) is 11.9 Å². The number of pyridine rings is 1. The van der Waals surface area contributed by atoms with E-state index in [0.29, 0.717) is 107 Å². The van der Waals surface area contributed by atoms with Crippen molar-refractivity contribution in [1.82, 2.24) is 39.9 Å². The summed E-state index contributed by atoms with van der Waals surface area (Å²) in [6.45, 7) is 9.63. The summed E-state index contributed by atoms with van der Waals surface area (Å²) in [6.07, 6.45) is 6.53. The Hall–Kier alpha value is -7.53. The minimum Gasteiger partial charge on any atom is -0.384 e. The van der Waals surface area contributed by atoms with E-state index in [-0.39, 0.29) is 53.2 Å². The topological polar surface area (TPSA) is 217 Å². The number of halogens is 4. The number of anilines is 4. The molecule has 3 fully saturated rings. The molecule has 6 amide bonds. The molecule has 4 aromatic rings. The first kappa shape index (κ1) is 55.2. The highest BCUT2D eigenvalue weighted by molar-refractivity contribution is 6.25. The van der Waals surface area contributed by atoms with Gasteiger partial charge < -0.3 is 30.3 Å². The summed E-state index contributed by atoms with van der Waals surface area (Å²) in [5.74, 6) is -3.17. The Morgan fingerprint density at radius 3 is 2.23 bits per heavy atom. The van der Waals surface area contributed by atoms with Crippen molar-refractivity contribution in [1.29, 1.82) is 0 Å². The summed E-state index contributed by atoms with van der Waals surface area (Å²) in [4.78, 5) is 112. The van der Waals surface area contributed by atoms with Gasteiger partial charge in [-0.1, -0.05) is 31.4 Å². The van der Waals surface area contributed by atoms with E-state index in [4.69, 9.17) is 0 Å². The Kier molecular flexibility index (Phi) is 16.7. The van der Waals surface area contributed by atoms with Crippen LogP contribution in [0.3, 0.4) is 0 Å². The van der Waals surface area contributed by atoms with Crippen LogP contribution < -0.4 is 31.3 Å². The lowest BCUT2D eigenvalue weighted by atomic mass is 9.97. The molecule has 0 radical (unpaired) electrons. The Balaban J connectivity index is 0.713. The first-order chi connectivity index (χ1) is 37.3. The fourth-order valence-corrected chi connectivity index (χ4v) is 10.9. The molecule has 2 aromatic heterocycles. The lowest BCUT2D eigenvalue weighted by molar-refractivity contribution is -0.138. The zero-order valence-corrected chi connectivity index (χ0v) is 43.9. The maximum atomic E-state index is 16.3. The molecule has 23 heteroatoms. The molecule has 0 saturated carbocycles.